The Kier molecular flexibility index (Phi) is 6.36. The number of nitrogens with zero attached hydrogens (tertiary/aromatic N) is 2. The smallest absolute Gasteiger partial charge is 0.223 e. The molecular formula is C16H27N3O3. The van der Waals surface area contributed by atoms with E-state index in [0.29, 0.717) is 24.7 Å². The zero-order valence-electron chi connectivity index (χ0n) is 13.7. The second-order valence-corrected chi connectivity index (χ2v) is 6.13. The predicted molar refractivity (Wildman–Crippen MR) is 82.3 cm³/mol. The van der Waals surface area contributed by atoms with Crippen molar-refractivity contribution in [1.29, 1.82) is 0 Å². The molecule has 0 unspecified atom stereocenters. The molecule has 1 aromatic heterocycles. The number of rotatable bonds is 7. The molecule has 1 fully saturated rings. The van der Waals surface area contributed by atoms with Crippen LogP contribution in [-0.4, -0.2) is 29.8 Å². The molecule has 2 rings (SSSR count). The molecular weight excluding hydrogens is 282 g/mol. The van der Waals surface area contributed by atoms with Crippen LogP contribution >= 0.6 is 0 Å². The summed E-state index contributed by atoms with van der Waals surface area (Å²) in [5, 5.41) is 7.31. The molecule has 1 heterocycles. The highest BCUT2D eigenvalue weighted by molar-refractivity contribution is 5.76. The predicted octanol–water partition coefficient (Wildman–Crippen LogP) is 2.86. The molecule has 0 bridgehead atoms. The topological polar surface area (TPSA) is 77.2 Å². The van der Waals surface area contributed by atoms with E-state index in [2.05, 4.69) is 15.5 Å². The number of aryl methyl sites for hydroxylation is 1. The van der Waals surface area contributed by atoms with Gasteiger partial charge in [-0.05, 0) is 25.7 Å². The lowest BCUT2D eigenvalue weighted by Crippen LogP contribution is -2.46. The Labute approximate surface area is 132 Å². The van der Waals surface area contributed by atoms with Crippen LogP contribution in [0.25, 0.3) is 0 Å². The summed E-state index contributed by atoms with van der Waals surface area (Å²) in [7, 11) is 1.68. The number of amides is 1. The van der Waals surface area contributed by atoms with Crippen molar-refractivity contribution in [3.05, 3.63) is 11.7 Å². The van der Waals surface area contributed by atoms with Gasteiger partial charge in [-0.25, -0.2) is 0 Å². The lowest BCUT2D eigenvalue weighted by atomic mass is 9.89. The summed E-state index contributed by atoms with van der Waals surface area (Å²) >= 11 is 0. The molecule has 0 spiro atoms. The van der Waals surface area contributed by atoms with Gasteiger partial charge in [0.1, 0.15) is 5.54 Å². The minimum atomic E-state index is -0.452. The molecule has 0 aromatic carbocycles. The number of hydrogen-bond donors (Lipinski definition) is 1. The van der Waals surface area contributed by atoms with Gasteiger partial charge < -0.3 is 14.6 Å². The van der Waals surface area contributed by atoms with Crippen LogP contribution in [0.15, 0.2) is 4.52 Å². The van der Waals surface area contributed by atoms with Gasteiger partial charge in [-0.2, -0.15) is 4.98 Å². The lowest BCUT2D eigenvalue weighted by Gasteiger charge is -2.30. The van der Waals surface area contributed by atoms with Gasteiger partial charge in [0.2, 0.25) is 11.8 Å². The summed E-state index contributed by atoms with van der Waals surface area (Å²) < 4.78 is 10.2. The van der Waals surface area contributed by atoms with Crippen molar-refractivity contribution in [2.45, 2.75) is 70.3 Å². The molecule has 0 saturated heterocycles. The van der Waals surface area contributed by atoms with E-state index in [1.807, 2.05) is 0 Å². The molecule has 1 saturated carbocycles. The summed E-state index contributed by atoms with van der Waals surface area (Å²) in [6, 6.07) is 0. The van der Waals surface area contributed by atoms with Gasteiger partial charge in [-0.1, -0.05) is 30.8 Å². The Balaban J connectivity index is 2.03. The van der Waals surface area contributed by atoms with Gasteiger partial charge >= 0.3 is 0 Å². The fourth-order valence-electron chi connectivity index (χ4n) is 3.09. The third kappa shape index (κ3) is 4.53. The van der Waals surface area contributed by atoms with E-state index in [4.69, 9.17) is 9.26 Å². The maximum atomic E-state index is 12.3. The fraction of sp³-hybridized carbons (Fsp3) is 0.812. The Morgan fingerprint density at radius 3 is 2.59 bits per heavy atom. The second kappa shape index (κ2) is 8.27. The van der Waals surface area contributed by atoms with E-state index < -0.39 is 5.54 Å². The summed E-state index contributed by atoms with van der Waals surface area (Å²) in [4.78, 5) is 16.7. The standard InChI is InChI=1S/C16H27N3O3/c1-13-17-15(19-22-13)16(10-6-3-4-7-11-16)18-14(20)9-5-8-12-21-2/h3-12H2,1-2H3,(H,18,20). The van der Waals surface area contributed by atoms with Crippen molar-refractivity contribution >= 4 is 5.91 Å². The number of carbonyl (C=O) groups is 1. The van der Waals surface area contributed by atoms with E-state index in [1.165, 1.54) is 12.8 Å². The van der Waals surface area contributed by atoms with Gasteiger partial charge in [0.15, 0.2) is 5.82 Å². The third-order valence-electron chi connectivity index (χ3n) is 4.29. The first-order chi connectivity index (χ1) is 10.7. The molecule has 0 atom stereocenters. The molecule has 0 radical (unpaired) electrons. The normalized spacial score (nSPS) is 17.9. The molecule has 6 heteroatoms. The van der Waals surface area contributed by atoms with Gasteiger partial charge in [0.05, 0.1) is 0 Å². The molecule has 124 valence electrons. The Hall–Kier alpha value is -1.43. The number of carbonyl (C=O) groups excluding carboxylic acids is 1. The Morgan fingerprint density at radius 2 is 2.00 bits per heavy atom. The maximum absolute atomic E-state index is 12.3. The van der Waals surface area contributed by atoms with Gasteiger partial charge in [0.25, 0.3) is 0 Å². The first-order valence-electron chi connectivity index (χ1n) is 8.27. The van der Waals surface area contributed by atoms with Crippen LogP contribution < -0.4 is 5.32 Å². The minimum absolute atomic E-state index is 0.0699. The van der Waals surface area contributed by atoms with Crippen molar-refractivity contribution in [1.82, 2.24) is 15.5 Å². The lowest BCUT2D eigenvalue weighted by molar-refractivity contribution is -0.123. The second-order valence-electron chi connectivity index (χ2n) is 6.13. The van der Waals surface area contributed by atoms with E-state index in [0.717, 1.165) is 38.5 Å². The summed E-state index contributed by atoms with van der Waals surface area (Å²) in [5.41, 5.74) is -0.452. The van der Waals surface area contributed by atoms with Crippen LogP contribution in [-0.2, 0) is 15.1 Å². The van der Waals surface area contributed by atoms with Crippen LogP contribution in [0.1, 0.15) is 69.5 Å². The molecule has 1 amide bonds. The SMILES string of the molecule is COCCCCC(=O)NC1(c2noc(C)n2)CCCCCC1. The Morgan fingerprint density at radius 1 is 1.27 bits per heavy atom. The number of hydrogen-bond acceptors (Lipinski definition) is 5. The first kappa shape index (κ1) is 16.9. The highest BCUT2D eigenvalue weighted by atomic mass is 16.5. The van der Waals surface area contributed by atoms with Gasteiger partial charge in [-0.15, -0.1) is 0 Å². The third-order valence-corrected chi connectivity index (χ3v) is 4.29. The maximum Gasteiger partial charge on any atom is 0.223 e. The monoisotopic (exact) mass is 309 g/mol. The van der Waals surface area contributed by atoms with Crippen LogP contribution in [0.4, 0.5) is 0 Å². The molecule has 6 nitrogen and oxygen atoms in total. The van der Waals surface area contributed by atoms with Crippen LogP contribution in [0.3, 0.4) is 0 Å². The van der Waals surface area contributed by atoms with Crippen molar-refractivity contribution in [3.8, 4) is 0 Å². The summed E-state index contributed by atoms with van der Waals surface area (Å²) in [6.07, 6.45) is 8.58. The molecule has 22 heavy (non-hydrogen) atoms. The molecule has 1 aliphatic carbocycles. The molecule has 1 aromatic rings. The highest BCUT2D eigenvalue weighted by Crippen LogP contribution is 2.34. The zero-order chi connectivity index (χ0) is 15.8. The number of nitrogens with one attached hydrogen (secondary N) is 1. The van der Waals surface area contributed by atoms with Crippen molar-refractivity contribution in [2.24, 2.45) is 0 Å². The largest absolute Gasteiger partial charge is 0.385 e. The highest BCUT2D eigenvalue weighted by Gasteiger charge is 2.38. The Bertz CT molecular complexity index is 465. The molecule has 0 aliphatic heterocycles. The molecule has 1 N–H and O–H groups in total. The number of unbranched alkanes of at least 4 members (excludes halogenated alkanes) is 1. The summed E-state index contributed by atoms with van der Waals surface area (Å²) in [5.74, 6) is 1.26. The van der Waals surface area contributed by atoms with E-state index >= 15 is 0 Å². The fourth-order valence-corrected chi connectivity index (χ4v) is 3.09. The van der Waals surface area contributed by atoms with Gasteiger partial charge in [-0.3, -0.25) is 4.79 Å². The number of methoxy groups -OCH3 is 1. The average Bonchev–Trinajstić information content (AvgIpc) is 2.80. The van der Waals surface area contributed by atoms with Crippen LogP contribution in [0.2, 0.25) is 0 Å². The minimum Gasteiger partial charge on any atom is -0.385 e. The first-order valence-corrected chi connectivity index (χ1v) is 8.27. The number of ether oxygens (including phenoxy) is 1. The van der Waals surface area contributed by atoms with E-state index in [-0.39, 0.29) is 5.91 Å². The quantitative estimate of drug-likeness (QED) is 0.619. The van der Waals surface area contributed by atoms with E-state index in [9.17, 15) is 4.79 Å². The van der Waals surface area contributed by atoms with E-state index in [1.54, 1.807) is 14.0 Å². The average molecular weight is 309 g/mol. The van der Waals surface area contributed by atoms with Crippen LogP contribution in [0.5, 0.6) is 0 Å². The van der Waals surface area contributed by atoms with Crippen molar-refractivity contribution < 1.29 is 14.1 Å². The van der Waals surface area contributed by atoms with Crippen LogP contribution in [0, 0.1) is 6.92 Å². The number of aromatic nitrogens is 2. The molecule has 1 aliphatic rings. The van der Waals surface area contributed by atoms with Crippen molar-refractivity contribution in [3.63, 3.8) is 0 Å². The summed E-state index contributed by atoms with van der Waals surface area (Å²) in [6.45, 7) is 2.48. The zero-order valence-corrected chi connectivity index (χ0v) is 13.7. The van der Waals surface area contributed by atoms with Gasteiger partial charge in [0, 0.05) is 27.1 Å². The van der Waals surface area contributed by atoms with Crippen molar-refractivity contribution in [2.75, 3.05) is 13.7 Å².